The van der Waals surface area contributed by atoms with Gasteiger partial charge in [0.05, 0.1) is 0 Å². The second-order valence-corrected chi connectivity index (χ2v) is 3.15. The molecule has 2 aliphatic carbocycles. The summed E-state index contributed by atoms with van der Waals surface area (Å²) >= 11 is 0. The standard InChI is InChI=1S/C8H9O2.C5H5.Fe/c9-8(10)6-5-7-3-1-2-4-7;1-2-4-5-3-1;/h1-4H,5-6H2,(H,9,10);1-5H;. The maximum Gasteiger partial charge on any atom is 0.303 e. The number of aliphatic carboxylic acids is 1. The van der Waals surface area contributed by atoms with Gasteiger partial charge in [0.2, 0.25) is 0 Å². The van der Waals surface area contributed by atoms with E-state index in [1.54, 1.807) is 0 Å². The van der Waals surface area contributed by atoms with Crippen molar-refractivity contribution in [2.75, 3.05) is 0 Å². The van der Waals surface area contributed by atoms with Gasteiger partial charge >= 0.3 is 5.97 Å². The smallest absolute Gasteiger partial charge is 0.303 e. The Morgan fingerprint density at radius 3 is 1.75 bits per heavy atom. The zero-order chi connectivity index (χ0) is 10.9. The quantitative estimate of drug-likeness (QED) is 0.788. The second kappa shape index (κ2) is 10.2. The second-order valence-electron chi connectivity index (χ2n) is 3.15. The van der Waals surface area contributed by atoms with Gasteiger partial charge in [-0.3, -0.25) is 4.79 Å². The maximum atomic E-state index is 10.1. The van der Waals surface area contributed by atoms with E-state index in [0.29, 0.717) is 6.42 Å². The normalized spacial score (nSPS) is 19.8. The van der Waals surface area contributed by atoms with E-state index in [0.717, 1.165) is 5.92 Å². The molecule has 2 rings (SSSR count). The molecule has 86 valence electrons. The van der Waals surface area contributed by atoms with Gasteiger partial charge in [-0.1, -0.05) is 0 Å². The van der Waals surface area contributed by atoms with Gasteiger partial charge in [-0.05, 0) is 70.1 Å². The van der Waals surface area contributed by atoms with Crippen molar-refractivity contribution in [3.63, 3.8) is 0 Å². The fourth-order valence-corrected chi connectivity index (χ4v) is 1.15. The first-order valence-corrected chi connectivity index (χ1v) is 4.88. The summed E-state index contributed by atoms with van der Waals surface area (Å²) in [5, 5.41) is 8.31. The van der Waals surface area contributed by atoms with Crippen molar-refractivity contribution in [3.05, 3.63) is 63.7 Å². The number of rotatable bonds is 3. The summed E-state index contributed by atoms with van der Waals surface area (Å²) in [4.78, 5) is 10.1. The van der Waals surface area contributed by atoms with Gasteiger partial charge in [0.25, 0.3) is 0 Å². The Balaban J connectivity index is 0.000000318. The summed E-state index contributed by atoms with van der Waals surface area (Å²) in [6.07, 6.45) is 18.6. The van der Waals surface area contributed by atoms with Crippen LogP contribution in [0.1, 0.15) is 12.8 Å². The molecule has 0 aliphatic heterocycles. The molecule has 2 aliphatic rings. The van der Waals surface area contributed by atoms with Crippen molar-refractivity contribution in [1.29, 1.82) is 0 Å². The number of carboxylic acids is 1. The van der Waals surface area contributed by atoms with Gasteiger partial charge in [-0.15, -0.1) is 0 Å². The van der Waals surface area contributed by atoms with E-state index < -0.39 is 5.97 Å². The minimum Gasteiger partial charge on any atom is -0.481 e. The minimum absolute atomic E-state index is 0. The molecule has 0 aromatic carbocycles. The summed E-state index contributed by atoms with van der Waals surface area (Å²) in [6, 6.07) is 0. The zero-order valence-electron chi connectivity index (χ0n) is 8.82. The van der Waals surface area contributed by atoms with Crippen molar-refractivity contribution < 1.29 is 27.0 Å². The first kappa shape index (κ1) is 16.0. The van der Waals surface area contributed by atoms with Crippen molar-refractivity contribution in [1.82, 2.24) is 0 Å². The van der Waals surface area contributed by atoms with Crippen LogP contribution >= 0.6 is 0 Å². The molecule has 0 aromatic rings. The molecule has 2 fully saturated rings. The molecule has 0 heterocycles. The topological polar surface area (TPSA) is 37.3 Å². The van der Waals surface area contributed by atoms with Gasteiger partial charge in [-0.2, -0.15) is 0 Å². The monoisotopic (exact) mass is 258 g/mol. The Morgan fingerprint density at radius 2 is 1.38 bits per heavy atom. The van der Waals surface area contributed by atoms with E-state index in [9.17, 15) is 4.79 Å². The number of hydrogen-bond acceptors (Lipinski definition) is 1. The molecule has 1 N–H and O–H groups in total. The van der Waals surface area contributed by atoms with Crippen LogP contribution in [0.2, 0.25) is 0 Å². The van der Waals surface area contributed by atoms with Gasteiger partial charge in [0.15, 0.2) is 0 Å². The van der Waals surface area contributed by atoms with Crippen molar-refractivity contribution >= 4 is 5.97 Å². The van der Waals surface area contributed by atoms with Crippen LogP contribution in [0.4, 0.5) is 0 Å². The summed E-state index contributed by atoms with van der Waals surface area (Å²) in [6.45, 7) is 0. The Hall–Kier alpha value is -0.0105. The first-order chi connectivity index (χ1) is 7.29. The number of carboxylic acid groups (broad SMARTS) is 1. The third-order valence-electron chi connectivity index (χ3n) is 1.91. The van der Waals surface area contributed by atoms with E-state index in [4.69, 9.17) is 5.11 Å². The molecular formula is C13H14FeO2. The number of carbonyl (C=O) groups is 1. The molecule has 2 saturated carbocycles. The van der Waals surface area contributed by atoms with E-state index in [2.05, 4.69) is 0 Å². The fraction of sp³-hybridized carbons (Fsp3) is 0.154. The summed E-state index contributed by atoms with van der Waals surface area (Å²) in [7, 11) is 0. The molecule has 0 aromatic heterocycles. The Morgan fingerprint density at radius 1 is 0.938 bits per heavy atom. The van der Waals surface area contributed by atoms with Crippen LogP contribution in [0.15, 0.2) is 0 Å². The molecule has 0 bridgehead atoms. The maximum absolute atomic E-state index is 10.1. The average Bonchev–Trinajstić information content (AvgIpc) is 2.91. The van der Waals surface area contributed by atoms with Crippen molar-refractivity contribution in [3.8, 4) is 0 Å². The first-order valence-electron chi connectivity index (χ1n) is 4.88. The molecule has 0 saturated heterocycles. The molecule has 0 amide bonds. The van der Waals surface area contributed by atoms with Gasteiger partial charge in [-0.25, -0.2) is 0 Å². The van der Waals surface area contributed by atoms with E-state index in [1.807, 2.05) is 57.8 Å². The average molecular weight is 258 g/mol. The van der Waals surface area contributed by atoms with Crippen LogP contribution in [0.3, 0.4) is 0 Å². The molecule has 16 heavy (non-hydrogen) atoms. The minimum atomic E-state index is -0.735. The Labute approximate surface area is 110 Å². The van der Waals surface area contributed by atoms with E-state index in [-0.39, 0.29) is 23.5 Å². The SMILES string of the molecule is O=C(O)CC[C]1[CH][CH][CH][CH]1.[CH]1[CH][CH][CH][CH]1.[Fe]. The third kappa shape index (κ3) is 8.18. The number of hydrogen-bond donors (Lipinski definition) is 1. The molecular weight excluding hydrogens is 244 g/mol. The summed E-state index contributed by atoms with van der Waals surface area (Å²) in [5.41, 5.74) is 0. The van der Waals surface area contributed by atoms with Gasteiger partial charge < -0.3 is 5.11 Å². The van der Waals surface area contributed by atoms with Crippen LogP contribution < -0.4 is 0 Å². The van der Waals surface area contributed by atoms with E-state index in [1.165, 1.54) is 0 Å². The molecule has 2 nitrogen and oxygen atoms in total. The molecule has 0 unspecified atom stereocenters. The fourth-order valence-electron chi connectivity index (χ4n) is 1.15. The zero-order valence-corrected chi connectivity index (χ0v) is 9.92. The van der Waals surface area contributed by atoms with Crippen LogP contribution in [-0.4, -0.2) is 11.1 Å². The van der Waals surface area contributed by atoms with Crippen LogP contribution in [0.25, 0.3) is 0 Å². The van der Waals surface area contributed by atoms with Crippen LogP contribution in [0.5, 0.6) is 0 Å². The van der Waals surface area contributed by atoms with Crippen molar-refractivity contribution in [2.45, 2.75) is 12.8 Å². The molecule has 0 atom stereocenters. The predicted octanol–water partition coefficient (Wildman–Crippen LogP) is 2.28. The summed E-state index contributed by atoms with van der Waals surface area (Å²) in [5.74, 6) is 0.364. The summed E-state index contributed by atoms with van der Waals surface area (Å²) < 4.78 is 0. The van der Waals surface area contributed by atoms with Gasteiger partial charge in [0.1, 0.15) is 0 Å². The van der Waals surface area contributed by atoms with Crippen LogP contribution in [-0.2, 0) is 21.9 Å². The molecule has 0 spiro atoms. The van der Waals surface area contributed by atoms with Crippen LogP contribution in [0, 0.1) is 63.7 Å². The Kier molecular flexibility index (Phi) is 10.2. The third-order valence-corrected chi connectivity index (χ3v) is 1.91. The van der Waals surface area contributed by atoms with Gasteiger partial charge in [0, 0.05) is 23.5 Å². The molecule has 10 radical (unpaired) electrons. The molecule has 3 heteroatoms. The Bertz CT molecular complexity index is 165. The largest absolute Gasteiger partial charge is 0.481 e. The van der Waals surface area contributed by atoms with Crippen molar-refractivity contribution in [2.24, 2.45) is 0 Å². The van der Waals surface area contributed by atoms with E-state index >= 15 is 0 Å². The predicted molar refractivity (Wildman–Crippen MR) is 58.8 cm³/mol.